The summed E-state index contributed by atoms with van der Waals surface area (Å²) >= 11 is 5.63. The number of amides is 1. The van der Waals surface area contributed by atoms with Crippen LogP contribution in [0.2, 0.25) is 0 Å². The molecule has 5 heteroatoms. The molecule has 0 spiro atoms. The third kappa shape index (κ3) is 3.97. The summed E-state index contributed by atoms with van der Waals surface area (Å²) in [6.07, 6.45) is 0. The van der Waals surface area contributed by atoms with Crippen LogP contribution in [0.15, 0.2) is 46.9 Å². The average molecular weight is 460 g/mol. The maximum Gasteiger partial charge on any atom is 0.254 e. The van der Waals surface area contributed by atoms with E-state index >= 15 is 0 Å². The zero-order chi connectivity index (χ0) is 15.4. The van der Waals surface area contributed by atoms with Crippen molar-refractivity contribution in [3.8, 4) is 5.75 Å². The monoisotopic (exact) mass is 459 g/mol. The van der Waals surface area contributed by atoms with Gasteiger partial charge >= 0.3 is 0 Å². The molecule has 1 amide bonds. The molecule has 0 bridgehead atoms. The molecule has 0 aliphatic rings. The lowest BCUT2D eigenvalue weighted by molar-refractivity contribution is 0.0783. The van der Waals surface area contributed by atoms with E-state index in [2.05, 4.69) is 38.5 Å². The molecule has 0 fully saturated rings. The Morgan fingerprint density at radius 3 is 2.67 bits per heavy atom. The molecular weight excluding hydrogens is 445 g/mol. The Kier molecular flexibility index (Phi) is 5.64. The quantitative estimate of drug-likeness (QED) is 0.636. The molecule has 0 aromatic heterocycles. The molecule has 0 saturated heterocycles. The van der Waals surface area contributed by atoms with Crippen molar-refractivity contribution in [1.29, 1.82) is 0 Å². The van der Waals surface area contributed by atoms with Gasteiger partial charge in [0.05, 0.1) is 12.7 Å². The number of hydrogen-bond donors (Lipinski definition) is 0. The smallest absolute Gasteiger partial charge is 0.254 e. The van der Waals surface area contributed by atoms with Crippen molar-refractivity contribution in [3.05, 3.63) is 61.6 Å². The molecular formula is C16H15BrINO2. The lowest BCUT2D eigenvalue weighted by Crippen LogP contribution is -2.27. The van der Waals surface area contributed by atoms with Gasteiger partial charge in [0, 0.05) is 27.2 Å². The minimum atomic E-state index is 0.00188. The van der Waals surface area contributed by atoms with E-state index in [-0.39, 0.29) is 5.91 Å². The molecule has 110 valence electrons. The van der Waals surface area contributed by atoms with Gasteiger partial charge in [-0.25, -0.2) is 0 Å². The van der Waals surface area contributed by atoms with Crippen molar-refractivity contribution in [2.75, 3.05) is 14.2 Å². The van der Waals surface area contributed by atoms with Gasteiger partial charge < -0.3 is 9.64 Å². The SMILES string of the molecule is COc1ccc(Br)cc1CN(C)C(=O)c1ccccc1I. The predicted octanol–water partition coefficient (Wildman–Crippen LogP) is 4.33. The minimum Gasteiger partial charge on any atom is -0.496 e. The highest BCUT2D eigenvalue weighted by atomic mass is 127. The topological polar surface area (TPSA) is 29.5 Å². The van der Waals surface area contributed by atoms with Gasteiger partial charge in [-0.3, -0.25) is 4.79 Å². The summed E-state index contributed by atoms with van der Waals surface area (Å²) in [4.78, 5) is 14.2. The molecule has 0 N–H and O–H groups in total. The highest BCUT2D eigenvalue weighted by Crippen LogP contribution is 2.25. The Morgan fingerprint density at radius 2 is 2.00 bits per heavy atom. The molecule has 0 atom stereocenters. The third-order valence-corrected chi connectivity index (χ3v) is 4.53. The van der Waals surface area contributed by atoms with Crippen LogP contribution in [0, 0.1) is 3.57 Å². The Bertz CT molecular complexity index is 660. The first-order chi connectivity index (χ1) is 10.0. The van der Waals surface area contributed by atoms with Crippen LogP contribution in [0.4, 0.5) is 0 Å². The summed E-state index contributed by atoms with van der Waals surface area (Å²) in [7, 11) is 3.43. The molecule has 0 unspecified atom stereocenters. The second-order valence-electron chi connectivity index (χ2n) is 4.60. The highest BCUT2D eigenvalue weighted by Gasteiger charge is 2.16. The number of methoxy groups -OCH3 is 1. The molecule has 0 aliphatic carbocycles. The second-order valence-corrected chi connectivity index (χ2v) is 6.68. The Hall–Kier alpha value is -1.08. The van der Waals surface area contributed by atoms with Crippen molar-refractivity contribution in [2.45, 2.75) is 6.54 Å². The highest BCUT2D eigenvalue weighted by molar-refractivity contribution is 14.1. The number of nitrogens with zero attached hydrogens (tertiary/aromatic N) is 1. The van der Waals surface area contributed by atoms with E-state index in [4.69, 9.17) is 4.74 Å². The lowest BCUT2D eigenvalue weighted by atomic mass is 10.1. The van der Waals surface area contributed by atoms with Crippen LogP contribution in [-0.4, -0.2) is 25.0 Å². The van der Waals surface area contributed by atoms with Gasteiger partial charge in [0.25, 0.3) is 5.91 Å². The van der Waals surface area contributed by atoms with Crippen LogP contribution in [0.1, 0.15) is 15.9 Å². The Labute approximate surface area is 146 Å². The van der Waals surface area contributed by atoms with Gasteiger partial charge in [0.15, 0.2) is 0 Å². The van der Waals surface area contributed by atoms with E-state index in [1.54, 1.807) is 19.1 Å². The molecule has 0 aliphatic heterocycles. The number of ether oxygens (including phenoxy) is 1. The number of halogens is 2. The first kappa shape index (κ1) is 16.3. The van der Waals surface area contributed by atoms with Gasteiger partial charge in [-0.15, -0.1) is 0 Å². The third-order valence-electron chi connectivity index (χ3n) is 3.10. The van der Waals surface area contributed by atoms with Crippen LogP contribution < -0.4 is 4.74 Å². The Balaban J connectivity index is 2.22. The Morgan fingerprint density at radius 1 is 1.29 bits per heavy atom. The maximum absolute atomic E-state index is 12.5. The van der Waals surface area contributed by atoms with E-state index < -0.39 is 0 Å². The standard InChI is InChI=1S/C16H15BrINO2/c1-19(16(20)13-5-3-4-6-14(13)18)10-11-9-12(17)7-8-15(11)21-2/h3-9H,10H2,1-2H3. The fraction of sp³-hybridized carbons (Fsp3) is 0.188. The van der Waals surface area contributed by atoms with Gasteiger partial charge in [-0.05, 0) is 52.9 Å². The average Bonchev–Trinajstić information content (AvgIpc) is 2.47. The number of hydrogen-bond acceptors (Lipinski definition) is 2. The maximum atomic E-state index is 12.5. The fourth-order valence-corrected chi connectivity index (χ4v) is 3.06. The summed E-state index contributed by atoms with van der Waals surface area (Å²) in [6.45, 7) is 0.492. The van der Waals surface area contributed by atoms with Crippen LogP contribution in [0.3, 0.4) is 0 Å². The second kappa shape index (κ2) is 7.26. The summed E-state index contributed by atoms with van der Waals surface area (Å²) in [5.41, 5.74) is 1.68. The van der Waals surface area contributed by atoms with Gasteiger partial charge in [-0.2, -0.15) is 0 Å². The van der Waals surface area contributed by atoms with E-state index in [9.17, 15) is 4.79 Å². The van der Waals surface area contributed by atoms with Crippen LogP contribution in [0.25, 0.3) is 0 Å². The molecule has 3 nitrogen and oxygen atoms in total. The molecule has 0 heterocycles. The van der Waals surface area contributed by atoms with Crippen molar-refractivity contribution < 1.29 is 9.53 Å². The van der Waals surface area contributed by atoms with Gasteiger partial charge in [0.1, 0.15) is 5.75 Å². The van der Waals surface area contributed by atoms with Gasteiger partial charge in [-0.1, -0.05) is 28.1 Å². The first-order valence-corrected chi connectivity index (χ1v) is 8.22. The molecule has 21 heavy (non-hydrogen) atoms. The summed E-state index contributed by atoms with van der Waals surface area (Å²) in [5, 5.41) is 0. The fourth-order valence-electron chi connectivity index (χ4n) is 2.04. The molecule has 2 aromatic rings. The molecule has 2 rings (SSSR count). The summed E-state index contributed by atoms with van der Waals surface area (Å²) in [6, 6.07) is 13.4. The van der Waals surface area contributed by atoms with Crippen molar-refractivity contribution in [2.24, 2.45) is 0 Å². The zero-order valence-electron chi connectivity index (χ0n) is 11.8. The predicted molar refractivity (Wildman–Crippen MR) is 95.7 cm³/mol. The molecule has 0 saturated carbocycles. The number of benzene rings is 2. The number of carbonyl (C=O) groups excluding carboxylic acids is 1. The minimum absolute atomic E-state index is 0.00188. The van der Waals surface area contributed by atoms with E-state index in [0.29, 0.717) is 6.54 Å². The molecule has 0 radical (unpaired) electrons. The van der Waals surface area contributed by atoms with Crippen LogP contribution in [0.5, 0.6) is 5.75 Å². The van der Waals surface area contributed by atoms with Crippen LogP contribution >= 0.6 is 38.5 Å². The van der Waals surface area contributed by atoms with E-state index in [1.165, 1.54) is 0 Å². The summed E-state index contributed by atoms with van der Waals surface area (Å²) in [5.74, 6) is 0.780. The van der Waals surface area contributed by atoms with Crippen molar-refractivity contribution in [1.82, 2.24) is 4.90 Å². The van der Waals surface area contributed by atoms with E-state index in [1.807, 2.05) is 42.5 Å². The molecule has 2 aromatic carbocycles. The lowest BCUT2D eigenvalue weighted by Gasteiger charge is -2.19. The number of carbonyl (C=O) groups is 1. The zero-order valence-corrected chi connectivity index (χ0v) is 15.5. The largest absolute Gasteiger partial charge is 0.496 e. The normalized spacial score (nSPS) is 10.3. The number of rotatable bonds is 4. The van der Waals surface area contributed by atoms with Crippen LogP contribution in [-0.2, 0) is 6.54 Å². The van der Waals surface area contributed by atoms with Crippen molar-refractivity contribution in [3.63, 3.8) is 0 Å². The first-order valence-electron chi connectivity index (χ1n) is 6.35. The van der Waals surface area contributed by atoms with Gasteiger partial charge in [0.2, 0.25) is 0 Å². The van der Waals surface area contributed by atoms with Crippen molar-refractivity contribution >= 4 is 44.4 Å². The van der Waals surface area contributed by atoms with E-state index in [0.717, 1.165) is 24.9 Å². The summed E-state index contributed by atoms with van der Waals surface area (Å²) < 4.78 is 7.27.